The van der Waals surface area contributed by atoms with Crippen LogP contribution in [0.25, 0.3) is 0 Å². The van der Waals surface area contributed by atoms with E-state index in [1.165, 1.54) is 58.4 Å². The molecule has 2 aliphatic rings. The van der Waals surface area contributed by atoms with Crippen LogP contribution < -0.4 is 0 Å². The fourth-order valence-corrected chi connectivity index (χ4v) is 3.26. The lowest BCUT2D eigenvalue weighted by Gasteiger charge is -2.36. The first-order chi connectivity index (χ1) is 8.65. The molecule has 2 atom stereocenters. The lowest BCUT2D eigenvalue weighted by atomic mass is 9.93. The van der Waals surface area contributed by atoms with Gasteiger partial charge in [-0.3, -0.25) is 0 Å². The van der Waals surface area contributed by atoms with Gasteiger partial charge in [0.25, 0.3) is 0 Å². The molecule has 3 nitrogen and oxygen atoms in total. The van der Waals surface area contributed by atoms with Crippen molar-refractivity contribution in [1.82, 2.24) is 9.80 Å². The number of hydrogen-bond donors (Lipinski definition) is 1. The number of aliphatic hydroxyl groups is 1. The van der Waals surface area contributed by atoms with Crippen LogP contribution in [0, 0.1) is 11.8 Å². The molecule has 106 valence electrons. The molecular formula is C15H30N2O. The smallest absolute Gasteiger partial charge is 0.0552 e. The minimum atomic E-state index is -0.136. The first kappa shape index (κ1) is 14.3. The van der Waals surface area contributed by atoms with Crippen LogP contribution >= 0.6 is 0 Å². The number of piperidine rings is 2. The maximum absolute atomic E-state index is 9.70. The summed E-state index contributed by atoms with van der Waals surface area (Å²) in [5.74, 6) is 1.43. The lowest BCUT2D eigenvalue weighted by Crippen LogP contribution is -2.44. The zero-order chi connectivity index (χ0) is 13.0. The van der Waals surface area contributed by atoms with Gasteiger partial charge in [0.2, 0.25) is 0 Å². The highest BCUT2D eigenvalue weighted by Gasteiger charge is 2.24. The second-order valence-electron chi connectivity index (χ2n) is 6.47. The Morgan fingerprint density at radius 2 is 1.72 bits per heavy atom. The Labute approximate surface area is 112 Å². The Kier molecular flexibility index (Phi) is 5.46. The molecule has 0 radical (unpaired) electrons. The molecule has 0 bridgehead atoms. The SMILES string of the molecule is CC1CCN(CCN2CCCC(C(C)O)C2)CC1. The van der Waals surface area contributed by atoms with Crippen molar-refractivity contribution in [3.63, 3.8) is 0 Å². The average molecular weight is 254 g/mol. The Morgan fingerprint density at radius 1 is 1.06 bits per heavy atom. The monoisotopic (exact) mass is 254 g/mol. The minimum absolute atomic E-state index is 0.136. The third kappa shape index (κ3) is 4.22. The van der Waals surface area contributed by atoms with E-state index in [1.54, 1.807) is 0 Å². The summed E-state index contributed by atoms with van der Waals surface area (Å²) in [7, 11) is 0. The Hall–Kier alpha value is -0.120. The molecule has 2 aliphatic heterocycles. The van der Waals surface area contributed by atoms with Gasteiger partial charge in [0.15, 0.2) is 0 Å². The van der Waals surface area contributed by atoms with Crippen LogP contribution in [0.2, 0.25) is 0 Å². The zero-order valence-corrected chi connectivity index (χ0v) is 12.1. The summed E-state index contributed by atoms with van der Waals surface area (Å²) in [5.41, 5.74) is 0. The maximum Gasteiger partial charge on any atom is 0.0552 e. The molecule has 2 rings (SSSR count). The summed E-state index contributed by atoms with van der Waals surface area (Å²) >= 11 is 0. The van der Waals surface area contributed by atoms with E-state index in [-0.39, 0.29) is 6.10 Å². The van der Waals surface area contributed by atoms with E-state index in [9.17, 15) is 5.11 Å². The predicted octanol–water partition coefficient (Wildman–Crippen LogP) is 1.81. The molecule has 18 heavy (non-hydrogen) atoms. The number of hydrogen-bond acceptors (Lipinski definition) is 3. The fraction of sp³-hybridized carbons (Fsp3) is 1.00. The van der Waals surface area contributed by atoms with Gasteiger partial charge in [0.05, 0.1) is 6.10 Å². The average Bonchev–Trinajstić information content (AvgIpc) is 2.38. The summed E-state index contributed by atoms with van der Waals surface area (Å²) in [6.07, 6.45) is 5.07. The second-order valence-corrected chi connectivity index (χ2v) is 6.47. The molecule has 0 saturated carbocycles. The molecule has 0 amide bonds. The lowest BCUT2D eigenvalue weighted by molar-refractivity contribution is 0.0562. The third-order valence-electron chi connectivity index (χ3n) is 4.83. The highest BCUT2D eigenvalue weighted by molar-refractivity contribution is 4.78. The van der Waals surface area contributed by atoms with Gasteiger partial charge in [-0.2, -0.15) is 0 Å². The van der Waals surface area contributed by atoms with Crippen molar-refractivity contribution in [2.75, 3.05) is 39.3 Å². The maximum atomic E-state index is 9.70. The highest BCUT2D eigenvalue weighted by Crippen LogP contribution is 2.20. The van der Waals surface area contributed by atoms with Crippen molar-refractivity contribution >= 4 is 0 Å². The fourth-order valence-electron chi connectivity index (χ4n) is 3.26. The van der Waals surface area contributed by atoms with Crippen LogP contribution in [-0.2, 0) is 0 Å². The van der Waals surface area contributed by atoms with E-state index < -0.39 is 0 Å². The van der Waals surface area contributed by atoms with Crippen molar-refractivity contribution in [3.8, 4) is 0 Å². The summed E-state index contributed by atoms with van der Waals surface area (Å²) in [6, 6.07) is 0. The number of rotatable bonds is 4. The quantitative estimate of drug-likeness (QED) is 0.829. The Bertz CT molecular complexity index is 237. The molecule has 3 heteroatoms. The molecule has 2 saturated heterocycles. The van der Waals surface area contributed by atoms with Gasteiger partial charge in [-0.15, -0.1) is 0 Å². The van der Waals surface area contributed by atoms with Gasteiger partial charge >= 0.3 is 0 Å². The molecule has 0 aliphatic carbocycles. The minimum Gasteiger partial charge on any atom is -0.393 e. The molecule has 0 aromatic rings. The van der Waals surface area contributed by atoms with E-state index in [1.807, 2.05) is 6.92 Å². The normalized spacial score (nSPS) is 30.5. The van der Waals surface area contributed by atoms with Gasteiger partial charge in [-0.1, -0.05) is 6.92 Å². The van der Waals surface area contributed by atoms with Crippen LogP contribution in [0.1, 0.15) is 39.5 Å². The molecule has 2 heterocycles. The topological polar surface area (TPSA) is 26.7 Å². The van der Waals surface area contributed by atoms with Crippen LogP contribution in [-0.4, -0.2) is 60.3 Å². The van der Waals surface area contributed by atoms with Crippen molar-refractivity contribution in [2.45, 2.75) is 45.6 Å². The number of likely N-dealkylation sites (tertiary alicyclic amines) is 2. The van der Waals surface area contributed by atoms with E-state index in [4.69, 9.17) is 0 Å². The summed E-state index contributed by atoms with van der Waals surface area (Å²) in [6.45, 7) is 11.6. The van der Waals surface area contributed by atoms with Gasteiger partial charge in [0.1, 0.15) is 0 Å². The summed E-state index contributed by atoms with van der Waals surface area (Å²) in [5, 5.41) is 9.70. The summed E-state index contributed by atoms with van der Waals surface area (Å²) in [4.78, 5) is 5.17. The van der Waals surface area contributed by atoms with Crippen molar-refractivity contribution in [1.29, 1.82) is 0 Å². The van der Waals surface area contributed by atoms with E-state index in [0.29, 0.717) is 5.92 Å². The van der Waals surface area contributed by atoms with Crippen molar-refractivity contribution < 1.29 is 5.11 Å². The van der Waals surface area contributed by atoms with E-state index >= 15 is 0 Å². The Morgan fingerprint density at radius 3 is 2.39 bits per heavy atom. The molecular weight excluding hydrogens is 224 g/mol. The third-order valence-corrected chi connectivity index (χ3v) is 4.83. The predicted molar refractivity (Wildman–Crippen MR) is 75.7 cm³/mol. The van der Waals surface area contributed by atoms with Gasteiger partial charge < -0.3 is 14.9 Å². The Balaban J connectivity index is 1.67. The molecule has 0 aromatic carbocycles. The molecule has 0 aromatic heterocycles. The van der Waals surface area contributed by atoms with Gasteiger partial charge in [0, 0.05) is 19.6 Å². The van der Waals surface area contributed by atoms with Crippen molar-refractivity contribution in [2.24, 2.45) is 11.8 Å². The second kappa shape index (κ2) is 6.88. The van der Waals surface area contributed by atoms with Crippen LogP contribution in [0.5, 0.6) is 0 Å². The van der Waals surface area contributed by atoms with E-state index in [2.05, 4.69) is 16.7 Å². The summed E-state index contributed by atoms with van der Waals surface area (Å²) < 4.78 is 0. The standard InChI is InChI=1S/C15H30N2O/c1-13-5-8-16(9-6-13)10-11-17-7-3-4-15(12-17)14(2)18/h13-15,18H,3-12H2,1-2H3. The molecule has 1 N–H and O–H groups in total. The number of aliphatic hydroxyl groups excluding tert-OH is 1. The van der Waals surface area contributed by atoms with Crippen LogP contribution in [0.15, 0.2) is 0 Å². The molecule has 0 spiro atoms. The first-order valence-corrected chi connectivity index (χ1v) is 7.78. The van der Waals surface area contributed by atoms with Crippen LogP contribution in [0.3, 0.4) is 0 Å². The first-order valence-electron chi connectivity index (χ1n) is 7.78. The largest absolute Gasteiger partial charge is 0.393 e. The highest BCUT2D eigenvalue weighted by atomic mass is 16.3. The van der Waals surface area contributed by atoms with Crippen LogP contribution in [0.4, 0.5) is 0 Å². The van der Waals surface area contributed by atoms with Gasteiger partial charge in [-0.05, 0) is 64.1 Å². The molecule has 2 unspecified atom stereocenters. The zero-order valence-electron chi connectivity index (χ0n) is 12.1. The number of nitrogens with zero attached hydrogens (tertiary/aromatic N) is 2. The van der Waals surface area contributed by atoms with Crippen molar-refractivity contribution in [3.05, 3.63) is 0 Å². The molecule has 2 fully saturated rings. The van der Waals surface area contributed by atoms with Gasteiger partial charge in [-0.25, -0.2) is 0 Å². The van der Waals surface area contributed by atoms with E-state index in [0.717, 1.165) is 12.5 Å².